The van der Waals surface area contributed by atoms with Gasteiger partial charge in [-0.25, -0.2) is 19.9 Å². The highest BCUT2D eigenvalue weighted by atomic mass is 15.5. The van der Waals surface area contributed by atoms with E-state index in [1.165, 1.54) is 29.7 Å². The number of aromatic amines is 8. The Bertz CT molecular complexity index is 1900. The predicted molar refractivity (Wildman–Crippen MR) is 380 cm³/mol. The molecule has 0 saturated heterocycles. The number of aromatic nitrogens is 20. The summed E-state index contributed by atoms with van der Waals surface area (Å²) in [6.45, 7) is 82.9. The maximum atomic E-state index is 4.13. The highest BCUT2D eigenvalue weighted by Crippen LogP contribution is 2.22. The van der Waals surface area contributed by atoms with E-state index < -0.39 is 0 Å². The van der Waals surface area contributed by atoms with Crippen LogP contribution in [0, 0.1) is 0 Å². The van der Waals surface area contributed by atoms with Crippen LogP contribution in [-0.4, -0.2) is 102 Å². The molecule has 0 saturated carbocycles. The Hall–Kier alpha value is -6.60. The van der Waals surface area contributed by atoms with Crippen LogP contribution >= 0.6 is 0 Å². The molecular formula is C68H140N20. The van der Waals surface area contributed by atoms with Gasteiger partial charge in [0, 0.05) is 91.4 Å². The van der Waals surface area contributed by atoms with E-state index in [0.29, 0.717) is 0 Å². The largest absolute Gasteiger partial charge is 0.365 e. The summed E-state index contributed by atoms with van der Waals surface area (Å²) in [5.41, 5.74) is 5.81. The fraction of sp³-hybridized carbons (Fsp3) is 0.706. The first-order valence-electron chi connectivity index (χ1n) is 32.3. The highest BCUT2D eigenvalue weighted by molar-refractivity contribution is 5.13. The standard InChI is InChI=1S/C8H13N.3C7H12N2.3C6H11N3.C5H10N4.8C2H6/c1-8(2,3)7-5-4-6-9-7;1-7(2,3)6-4-8-5-9-6;1-7(2,3)6-8-4-5-9-6;1-7(2,3)6-4-5-8-9-6;2*1-6(2,3)5-7-4-8-9-5;1-6(2,3)5-4-7-9-8-5;1-5(2,3)4-6-8-9-7-4;8*1-2/h4-6,9H,1-3H3;3*4-5H,1-3H3,(H,8,9);3*4H,1-3H3,(H,7,8,9);1-3H3,(H,6,7,8,9);8*1-2H3. The van der Waals surface area contributed by atoms with Gasteiger partial charge in [-0.3, -0.25) is 15.3 Å². The van der Waals surface area contributed by atoms with Gasteiger partial charge in [0.15, 0.2) is 5.82 Å². The second kappa shape index (κ2) is 53.4. The molecule has 0 radical (unpaired) electrons. The Labute approximate surface area is 539 Å². The molecule has 0 aliphatic heterocycles. The molecule has 8 rings (SSSR count). The molecule has 8 heterocycles. The third kappa shape index (κ3) is 51.4. The molecular weight excluding hydrogens is 1100 g/mol. The Balaban J connectivity index is -0.000000134. The first-order valence-corrected chi connectivity index (χ1v) is 32.3. The maximum Gasteiger partial charge on any atom is 0.179 e. The summed E-state index contributed by atoms with van der Waals surface area (Å²) in [5.74, 6) is 3.66. The van der Waals surface area contributed by atoms with Gasteiger partial charge >= 0.3 is 0 Å². The zero-order valence-corrected chi connectivity index (χ0v) is 64.3. The molecule has 20 heteroatoms. The van der Waals surface area contributed by atoms with Crippen molar-refractivity contribution in [1.29, 1.82) is 0 Å². The molecule has 8 N–H and O–H groups in total. The number of nitrogens with one attached hydrogen (secondary N) is 8. The fourth-order valence-electron chi connectivity index (χ4n) is 4.99. The van der Waals surface area contributed by atoms with Gasteiger partial charge in [0.25, 0.3) is 0 Å². The topological polar surface area (TPSA) is 281 Å². The monoisotopic (exact) mass is 1240 g/mol. The number of rotatable bonds is 0. The van der Waals surface area contributed by atoms with Crippen molar-refractivity contribution in [1.82, 2.24) is 102 Å². The number of imidazole rings is 2. The number of H-pyrrole nitrogens is 8. The third-order valence-corrected chi connectivity index (χ3v) is 9.68. The second-order valence-electron chi connectivity index (χ2n) is 25.2. The van der Waals surface area contributed by atoms with E-state index in [1.807, 2.05) is 162 Å². The summed E-state index contributed by atoms with van der Waals surface area (Å²) in [6.07, 6.45) is 15.7. The summed E-state index contributed by atoms with van der Waals surface area (Å²) >= 11 is 0. The lowest BCUT2D eigenvalue weighted by molar-refractivity contribution is 0.546. The lowest BCUT2D eigenvalue weighted by Crippen LogP contribution is -2.13. The minimum atomic E-state index is 0.00694. The normalized spacial score (nSPS) is 10.3. The molecule has 0 bridgehead atoms. The van der Waals surface area contributed by atoms with Crippen molar-refractivity contribution in [3.63, 3.8) is 0 Å². The molecule has 0 aliphatic carbocycles. The van der Waals surface area contributed by atoms with Crippen LogP contribution in [0.2, 0.25) is 0 Å². The van der Waals surface area contributed by atoms with E-state index in [2.05, 4.69) is 253 Å². The van der Waals surface area contributed by atoms with Crippen molar-refractivity contribution >= 4 is 0 Å². The van der Waals surface area contributed by atoms with Crippen LogP contribution in [-0.2, 0) is 43.3 Å². The molecule has 0 unspecified atom stereocenters. The van der Waals surface area contributed by atoms with E-state index in [4.69, 9.17) is 0 Å². The van der Waals surface area contributed by atoms with Gasteiger partial charge in [-0.15, -0.1) is 10.2 Å². The lowest BCUT2D eigenvalue weighted by atomic mass is 9.93. The average molecular weight is 1240 g/mol. The molecule has 0 aromatic carbocycles. The van der Waals surface area contributed by atoms with E-state index in [0.717, 1.165) is 29.0 Å². The van der Waals surface area contributed by atoms with Crippen LogP contribution < -0.4 is 0 Å². The van der Waals surface area contributed by atoms with Crippen molar-refractivity contribution < 1.29 is 0 Å². The van der Waals surface area contributed by atoms with Crippen molar-refractivity contribution in [2.45, 2.75) is 320 Å². The minimum absolute atomic E-state index is 0.00694. The van der Waals surface area contributed by atoms with Gasteiger partial charge in [0.05, 0.1) is 18.2 Å². The molecule has 8 aromatic rings. The average Bonchev–Trinajstić information content (AvgIpc) is 4.32. The Morgan fingerprint density at radius 3 is 0.932 bits per heavy atom. The first-order chi connectivity index (χ1) is 40.8. The quantitative estimate of drug-likeness (QED) is 0.0704. The highest BCUT2D eigenvalue weighted by Gasteiger charge is 2.20. The van der Waals surface area contributed by atoms with E-state index in [1.54, 1.807) is 24.9 Å². The summed E-state index contributed by atoms with van der Waals surface area (Å²) in [6, 6.07) is 6.14. The van der Waals surface area contributed by atoms with Gasteiger partial charge in [-0.2, -0.15) is 35.9 Å². The summed E-state index contributed by atoms with van der Waals surface area (Å²) in [4.78, 5) is 25.4. The molecule has 88 heavy (non-hydrogen) atoms. The Morgan fingerprint density at radius 1 is 0.330 bits per heavy atom. The predicted octanol–water partition coefficient (Wildman–Crippen LogP) is 19.4. The number of hydrogen-bond donors (Lipinski definition) is 8. The van der Waals surface area contributed by atoms with E-state index in [-0.39, 0.29) is 43.3 Å². The molecule has 0 aliphatic rings. The zero-order chi connectivity index (χ0) is 71.2. The van der Waals surface area contributed by atoms with Crippen LogP contribution in [0.5, 0.6) is 0 Å². The molecule has 0 fully saturated rings. The van der Waals surface area contributed by atoms with E-state index in [9.17, 15) is 0 Å². The number of tetrazole rings is 1. The van der Waals surface area contributed by atoms with Gasteiger partial charge in [0.2, 0.25) is 0 Å². The van der Waals surface area contributed by atoms with Crippen molar-refractivity contribution in [3.8, 4) is 0 Å². The fourth-order valence-corrected chi connectivity index (χ4v) is 4.99. The molecule has 20 nitrogen and oxygen atoms in total. The number of hydrogen-bond acceptors (Lipinski definition) is 12. The summed E-state index contributed by atoms with van der Waals surface area (Å²) in [7, 11) is 0. The molecule has 8 aromatic heterocycles. The zero-order valence-electron chi connectivity index (χ0n) is 64.3. The minimum Gasteiger partial charge on any atom is -0.365 e. The Morgan fingerprint density at radius 2 is 0.773 bits per heavy atom. The lowest BCUT2D eigenvalue weighted by Gasteiger charge is -2.15. The molecule has 0 atom stereocenters. The van der Waals surface area contributed by atoms with Crippen molar-refractivity contribution in [2.24, 2.45) is 0 Å². The number of nitrogens with zero attached hydrogens (tertiary/aromatic N) is 12. The Kier molecular flexibility index (Phi) is 59.3. The maximum absolute atomic E-state index is 4.13. The molecule has 0 amide bonds. The van der Waals surface area contributed by atoms with Crippen LogP contribution in [0.15, 0.2) is 74.4 Å². The SMILES string of the molecule is CC.CC.CC.CC.CC.CC.CC.CC.CC(C)(C)c1ccc[nH]1.CC(C)(C)c1ccn[nH]1.CC(C)(C)c1cn[nH]n1.CC(C)(C)c1cnc[nH]1.CC(C)(C)c1ncc[nH]1.CC(C)(C)c1ncn[nH]1.CC(C)(C)c1ncn[nH]1.CC(C)(C)c1nn[nH]n1. The van der Waals surface area contributed by atoms with Gasteiger partial charge < -0.3 is 15.0 Å². The first kappa shape index (κ1) is 97.7. The summed E-state index contributed by atoms with van der Waals surface area (Å²) in [5, 5.41) is 43.7. The van der Waals surface area contributed by atoms with E-state index >= 15 is 0 Å². The second-order valence-corrected chi connectivity index (χ2v) is 25.2. The van der Waals surface area contributed by atoms with Crippen molar-refractivity contribution in [3.05, 3.63) is 120 Å². The third-order valence-electron chi connectivity index (χ3n) is 9.68. The van der Waals surface area contributed by atoms with Crippen LogP contribution in [0.1, 0.15) is 323 Å². The van der Waals surface area contributed by atoms with Crippen LogP contribution in [0.4, 0.5) is 0 Å². The van der Waals surface area contributed by atoms with Gasteiger partial charge in [0.1, 0.15) is 30.1 Å². The summed E-state index contributed by atoms with van der Waals surface area (Å²) < 4.78 is 0. The molecule has 0 spiro atoms. The van der Waals surface area contributed by atoms with Crippen LogP contribution in [0.25, 0.3) is 0 Å². The van der Waals surface area contributed by atoms with Crippen molar-refractivity contribution in [2.75, 3.05) is 0 Å². The van der Waals surface area contributed by atoms with Gasteiger partial charge in [-0.05, 0) is 18.2 Å². The molecule has 512 valence electrons. The smallest absolute Gasteiger partial charge is 0.179 e. The van der Waals surface area contributed by atoms with Crippen LogP contribution in [0.3, 0.4) is 0 Å². The van der Waals surface area contributed by atoms with Gasteiger partial charge in [-0.1, -0.05) is 282 Å².